The van der Waals surface area contributed by atoms with E-state index in [1.807, 2.05) is 0 Å². The first-order chi connectivity index (χ1) is 16.9. The zero-order valence-electron chi connectivity index (χ0n) is 19.8. The number of ether oxygens (including phenoxy) is 1. The first-order valence-electron chi connectivity index (χ1n) is 11.3. The molecule has 1 atom stereocenters. The Morgan fingerprint density at radius 3 is 2.25 bits per heavy atom. The number of rotatable bonds is 8. The number of benzene rings is 2. The van der Waals surface area contributed by atoms with Crippen LogP contribution in [0, 0.1) is 0 Å². The van der Waals surface area contributed by atoms with Crippen LogP contribution in [0.2, 0.25) is 0 Å². The SMILES string of the molecule is COc1ccc(C[C@@H](NC(C)=O)C(=O)NC2CCN(S(=O)(=O)c3ccccc3C(F)(F)F)CC2)cc1. The Hall–Kier alpha value is -3.12. The largest absolute Gasteiger partial charge is 0.497 e. The second kappa shape index (κ2) is 11.3. The second-order valence-electron chi connectivity index (χ2n) is 8.49. The molecule has 1 fully saturated rings. The summed E-state index contributed by atoms with van der Waals surface area (Å²) < 4.78 is 72.0. The van der Waals surface area contributed by atoms with Crippen molar-refractivity contribution in [3.63, 3.8) is 0 Å². The van der Waals surface area contributed by atoms with E-state index in [9.17, 15) is 31.2 Å². The van der Waals surface area contributed by atoms with Crippen molar-refractivity contribution in [1.82, 2.24) is 14.9 Å². The van der Waals surface area contributed by atoms with Crippen LogP contribution in [-0.4, -0.2) is 56.8 Å². The van der Waals surface area contributed by atoms with Gasteiger partial charge in [-0.15, -0.1) is 0 Å². The molecule has 12 heteroatoms. The lowest BCUT2D eigenvalue weighted by Gasteiger charge is -2.33. The van der Waals surface area contributed by atoms with E-state index in [1.165, 1.54) is 20.1 Å². The van der Waals surface area contributed by atoms with Crippen LogP contribution in [0.5, 0.6) is 5.75 Å². The number of amides is 2. The summed E-state index contributed by atoms with van der Waals surface area (Å²) in [4.78, 5) is 23.8. The lowest BCUT2D eigenvalue weighted by molar-refractivity contribution is -0.140. The van der Waals surface area contributed by atoms with Gasteiger partial charge in [-0.2, -0.15) is 17.5 Å². The molecule has 2 amide bonds. The molecule has 0 radical (unpaired) electrons. The molecular weight excluding hydrogens is 499 g/mol. The first-order valence-corrected chi connectivity index (χ1v) is 12.7. The molecule has 3 rings (SSSR count). The van der Waals surface area contributed by atoms with Crippen LogP contribution in [-0.2, 0) is 32.2 Å². The fraction of sp³-hybridized carbons (Fsp3) is 0.417. The van der Waals surface area contributed by atoms with E-state index in [4.69, 9.17) is 4.74 Å². The van der Waals surface area contributed by atoms with Crippen molar-refractivity contribution in [2.24, 2.45) is 0 Å². The smallest absolute Gasteiger partial charge is 0.417 e. The van der Waals surface area contributed by atoms with E-state index in [-0.39, 0.29) is 38.3 Å². The highest BCUT2D eigenvalue weighted by Gasteiger charge is 2.39. The van der Waals surface area contributed by atoms with Gasteiger partial charge in [-0.1, -0.05) is 24.3 Å². The summed E-state index contributed by atoms with van der Waals surface area (Å²) in [5.41, 5.74) is -0.411. The van der Waals surface area contributed by atoms with Crippen molar-refractivity contribution >= 4 is 21.8 Å². The van der Waals surface area contributed by atoms with E-state index in [1.54, 1.807) is 24.3 Å². The van der Waals surface area contributed by atoms with Crippen LogP contribution in [0.15, 0.2) is 53.4 Å². The molecule has 2 aromatic carbocycles. The number of carbonyl (C=O) groups excluding carboxylic acids is 2. The maximum atomic E-state index is 13.3. The molecule has 0 saturated carbocycles. The summed E-state index contributed by atoms with van der Waals surface area (Å²) >= 11 is 0. The van der Waals surface area contributed by atoms with Crippen LogP contribution >= 0.6 is 0 Å². The van der Waals surface area contributed by atoms with Crippen LogP contribution in [0.3, 0.4) is 0 Å². The molecule has 1 heterocycles. The Morgan fingerprint density at radius 1 is 1.08 bits per heavy atom. The highest BCUT2D eigenvalue weighted by molar-refractivity contribution is 7.89. The van der Waals surface area contributed by atoms with Gasteiger partial charge in [-0.25, -0.2) is 8.42 Å². The molecule has 8 nitrogen and oxygen atoms in total. The van der Waals surface area contributed by atoms with Gasteiger partial charge in [0.25, 0.3) is 0 Å². The molecular formula is C24H28F3N3O5S. The van der Waals surface area contributed by atoms with Crippen molar-refractivity contribution in [3.05, 3.63) is 59.7 Å². The topological polar surface area (TPSA) is 105 Å². The number of alkyl halides is 3. The minimum Gasteiger partial charge on any atom is -0.497 e. The number of nitrogens with zero attached hydrogens (tertiary/aromatic N) is 1. The molecule has 2 aromatic rings. The Morgan fingerprint density at radius 2 is 1.69 bits per heavy atom. The molecule has 196 valence electrons. The Bertz CT molecular complexity index is 1180. The maximum Gasteiger partial charge on any atom is 0.417 e. The van der Waals surface area contributed by atoms with E-state index >= 15 is 0 Å². The molecule has 1 aliphatic rings. The van der Waals surface area contributed by atoms with Gasteiger partial charge in [-0.05, 0) is 42.7 Å². The number of halogens is 3. The van der Waals surface area contributed by atoms with Gasteiger partial charge >= 0.3 is 6.18 Å². The summed E-state index contributed by atoms with van der Waals surface area (Å²) in [6.07, 6.45) is -4.14. The normalized spacial score (nSPS) is 16.2. The van der Waals surface area contributed by atoms with Gasteiger partial charge in [0.15, 0.2) is 0 Å². The van der Waals surface area contributed by atoms with Crippen molar-refractivity contribution < 1.29 is 35.9 Å². The van der Waals surface area contributed by atoms with Crippen molar-refractivity contribution in [2.75, 3.05) is 20.2 Å². The minimum atomic E-state index is -4.81. The summed E-state index contributed by atoms with van der Waals surface area (Å²) in [5.74, 6) is -0.156. The van der Waals surface area contributed by atoms with Crippen LogP contribution < -0.4 is 15.4 Å². The molecule has 0 aromatic heterocycles. The number of sulfonamides is 1. The summed E-state index contributed by atoms with van der Waals surface area (Å²) in [7, 11) is -2.84. The van der Waals surface area contributed by atoms with Crippen LogP contribution in [0.4, 0.5) is 13.2 Å². The number of nitrogens with one attached hydrogen (secondary N) is 2. The number of hydrogen-bond donors (Lipinski definition) is 2. The fourth-order valence-electron chi connectivity index (χ4n) is 4.06. The zero-order valence-corrected chi connectivity index (χ0v) is 20.7. The fourth-order valence-corrected chi connectivity index (χ4v) is 5.74. The standard InChI is InChI=1S/C24H28F3N3O5S/c1-16(31)28-21(15-17-7-9-19(35-2)10-8-17)23(32)29-18-11-13-30(14-12-18)36(33,34)22-6-4-3-5-20(22)24(25,26)27/h3-10,18,21H,11-15H2,1-2H3,(H,28,31)(H,29,32)/t21-/m1/s1. The summed E-state index contributed by atoms with van der Waals surface area (Å²) in [6, 6.07) is 9.88. The Kier molecular flexibility index (Phi) is 8.62. The van der Waals surface area contributed by atoms with E-state index in [0.717, 1.165) is 28.1 Å². The maximum absolute atomic E-state index is 13.3. The molecule has 1 saturated heterocycles. The zero-order chi connectivity index (χ0) is 26.5. The van der Waals surface area contributed by atoms with Gasteiger partial charge in [0.1, 0.15) is 11.8 Å². The minimum absolute atomic E-state index is 0.0528. The quantitative estimate of drug-likeness (QED) is 0.550. The van der Waals surface area contributed by atoms with Gasteiger partial charge in [0.2, 0.25) is 21.8 Å². The monoisotopic (exact) mass is 527 g/mol. The Labute approximate surface area is 207 Å². The lowest BCUT2D eigenvalue weighted by Crippen LogP contribution is -2.53. The first kappa shape index (κ1) is 27.5. The summed E-state index contributed by atoms with van der Waals surface area (Å²) in [5, 5.41) is 5.46. The predicted octanol–water partition coefficient (Wildman–Crippen LogP) is 2.73. The second-order valence-corrected chi connectivity index (χ2v) is 10.4. The third-order valence-corrected chi connectivity index (χ3v) is 7.86. The lowest BCUT2D eigenvalue weighted by atomic mass is 10.0. The highest BCUT2D eigenvalue weighted by atomic mass is 32.2. The van der Waals surface area contributed by atoms with Gasteiger partial charge in [-0.3, -0.25) is 9.59 Å². The van der Waals surface area contributed by atoms with Gasteiger partial charge < -0.3 is 15.4 Å². The van der Waals surface area contributed by atoms with Gasteiger partial charge in [0, 0.05) is 32.5 Å². The molecule has 1 aliphatic heterocycles. The van der Waals surface area contributed by atoms with E-state index in [0.29, 0.717) is 5.75 Å². The van der Waals surface area contributed by atoms with Crippen LogP contribution in [0.25, 0.3) is 0 Å². The molecule has 0 aliphatic carbocycles. The third-order valence-electron chi connectivity index (χ3n) is 5.90. The molecule has 0 unspecified atom stereocenters. The highest BCUT2D eigenvalue weighted by Crippen LogP contribution is 2.35. The van der Waals surface area contributed by atoms with Crippen molar-refractivity contribution in [3.8, 4) is 5.75 Å². The van der Waals surface area contributed by atoms with Crippen LogP contribution in [0.1, 0.15) is 30.9 Å². The summed E-state index contributed by atoms with van der Waals surface area (Å²) in [6.45, 7) is 1.20. The molecule has 36 heavy (non-hydrogen) atoms. The van der Waals surface area contributed by atoms with Crippen molar-refractivity contribution in [1.29, 1.82) is 0 Å². The number of methoxy groups -OCH3 is 1. The molecule has 0 bridgehead atoms. The Balaban J connectivity index is 1.65. The van der Waals surface area contributed by atoms with Crippen molar-refractivity contribution in [2.45, 2.75) is 49.3 Å². The number of piperidine rings is 1. The molecule has 0 spiro atoms. The average Bonchev–Trinajstić information content (AvgIpc) is 2.83. The predicted molar refractivity (Wildman–Crippen MR) is 126 cm³/mol. The third kappa shape index (κ3) is 6.76. The number of carbonyl (C=O) groups is 2. The number of hydrogen-bond acceptors (Lipinski definition) is 5. The van der Waals surface area contributed by atoms with E-state index < -0.39 is 44.6 Å². The average molecular weight is 528 g/mol. The molecule has 2 N–H and O–H groups in total. The van der Waals surface area contributed by atoms with Gasteiger partial charge in [0.05, 0.1) is 17.6 Å². The van der Waals surface area contributed by atoms with E-state index in [2.05, 4.69) is 10.6 Å².